The molecule has 5 nitrogen and oxygen atoms in total. The number of unbranched alkanes of at least 4 members (excludes halogenated alkanes) is 4. The van der Waals surface area contributed by atoms with Crippen molar-refractivity contribution in [2.24, 2.45) is 11.8 Å². The summed E-state index contributed by atoms with van der Waals surface area (Å²) >= 11 is 0. The first-order chi connectivity index (χ1) is 15.8. The Morgan fingerprint density at radius 2 is 1.65 bits per heavy atom. The number of carbonyl (C=O) groups excluding carboxylic acids is 2. The summed E-state index contributed by atoms with van der Waals surface area (Å²) in [6.07, 6.45) is 5.52. The van der Waals surface area contributed by atoms with Crippen LogP contribution < -0.4 is 5.32 Å². The summed E-state index contributed by atoms with van der Waals surface area (Å²) in [5.74, 6) is -4.36. The smallest absolute Gasteiger partial charge is 0.305 e. The van der Waals surface area contributed by atoms with Crippen molar-refractivity contribution in [2.75, 3.05) is 6.54 Å². The topological polar surface area (TPSA) is 64.6 Å². The van der Waals surface area contributed by atoms with Crippen LogP contribution in [0.5, 0.6) is 0 Å². The number of rotatable bonds is 19. The molecule has 0 aromatic heterocycles. The van der Waals surface area contributed by atoms with E-state index in [0.717, 1.165) is 32.1 Å². The van der Waals surface area contributed by atoms with Crippen molar-refractivity contribution in [1.29, 1.82) is 2.56 Å². The average Bonchev–Trinajstić information content (AvgIpc) is 3.09. The van der Waals surface area contributed by atoms with E-state index in [1.807, 2.05) is 13.8 Å². The third-order valence-corrected chi connectivity index (χ3v) is 6.90. The van der Waals surface area contributed by atoms with Crippen LogP contribution in [0.4, 0.5) is 8.78 Å². The van der Waals surface area contributed by atoms with Gasteiger partial charge in [-0.05, 0) is 44.4 Å². The monoisotopic (exact) mass is 487 g/mol. The Morgan fingerprint density at radius 1 is 1.00 bits per heavy atom. The normalized spacial score (nSPS) is 25.4. The molecule has 0 bridgehead atoms. The highest BCUT2D eigenvalue weighted by molar-refractivity contribution is 7.10. The number of alkyl halides is 2. The van der Waals surface area contributed by atoms with Gasteiger partial charge in [-0.15, -0.1) is 0 Å². The number of nitrogens with one attached hydrogen (secondary N) is 1. The van der Waals surface area contributed by atoms with E-state index in [2.05, 4.69) is 5.32 Å². The minimum absolute atomic E-state index is 0.0182. The van der Waals surface area contributed by atoms with E-state index in [0.29, 0.717) is 38.6 Å². The molecule has 1 N–H and O–H groups in total. The number of ketones is 1. The van der Waals surface area contributed by atoms with Crippen molar-refractivity contribution in [3.05, 3.63) is 0 Å². The Morgan fingerprint density at radius 3 is 2.26 bits per heavy atom. The van der Waals surface area contributed by atoms with E-state index in [4.69, 9.17) is 11.6 Å². The molecular weight excluding hydrogens is 442 g/mol. The Kier molecular flexibility index (Phi) is 12.8. The van der Waals surface area contributed by atoms with E-state index in [9.17, 15) is 18.4 Å². The van der Waals surface area contributed by atoms with Gasteiger partial charge in [-0.3, -0.25) is 9.59 Å². The second kappa shape index (κ2) is 15.6. The van der Waals surface area contributed by atoms with Gasteiger partial charge in [0.2, 0.25) is 11.7 Å². The van der Waals surface area contributed by atoms with E-state index < -0.39 is 37.0 Å². The van der Waals surface area contributed by atoms with Gasteiger partial charge in [-0.25, -0.2) is 0 Å². The predicted octanol–water partition coefficient (Wildman–Crippen LogP) is 5.62. The van der Waals surface area contributed by atoms with Crippen LogP contribution in [0.2, 0.25) is 0 Å². The molecule has 1 aliphatic rings. The molecule has 1 fully saturated rings. The zero-order chi connectivity index (χ0) is 24.7. The number of amides is 1. The zero-order valence-corrected chi connectivity index (χ0v) is 20.9. The molecule has 9 heteroatoms. The van der Waals surface area contributed by atoms with Crippen molar-refractivity contribution in [1.82, 2.24) is 5.32 Å². The fraction of sp³-hybridized carbons (Fsp3) is 0.909. The van der Waals surface area contributed by atoms with Crippen molar-refractivity contribution in [3.8, 4) is 0 Å². The quantitative estimate of drug-likeness (QED) is 0.190. The molecule has 3 unspecified atom stereocenters. The van der Waals surface area contributed by atoms with Crippen LogP contribution in [0.3, 0.4) is 0 Å². The molecule has 0 aromatic rings. The van der Waals surface area contributed by atoms with Crippen LogP contribution in [-0.4, -0.2) is 38.9 Å². The third-order valence-electron chi connectivity index (χ3n) is 6.29. The van der Waals surface area contributed by atoms with Gasteiger partial charge in [0.1, 0.15) is 0 Å². The molecule has 1 rings (SSSR count). The molecule has 0 spiro atoms. The molecule has 0 heterocycles. The van der Waals surface area contributed by atoms with Gasteiger partial charge in [0.15, 0.2) is 0 Å². The standard InChI is InChI=1S/C22H41F2NO4P2/c1-3-5-14-22(23,24)20(26)13-12-17-16(18(28-30)15-19(17)29-31)10-8-6-7-9-11-21(27)25-4-2/h16-19H,3-15,30-31H2,1-2H3,(H,25,27)/t16?,17-,18+,19-/m1/s1/i30T,31T/t16?,17-,18+,19-,30?,31?. The molecule has 1 amide bonds. The first kappa shape index (κ1) is 25.4. The Bertz CT molecular complexity index is 579. The van der Waals surface area contributed by atoms with E-state index in [-0.39, 0.29) is 36.4 Å². The van der Waals surface area contributed by atoms with Crippen LogP contribution in [0.15, 0.2) is 0 Å². The molecule has 182 valence electrons. The van der Waals surface area contributed by atoms with Crippen LogP contribution in [-0.2, 0) is 18.6 Å². The zero-order valence-electron chi connectivity index (χ0n) is 20.9. The first-order valence-electron chi connectivity index (χ1n) is 12.6. The van der Waals surface area contributed by atoms with Crippen LogP contribution in [0.25, 0.3) is 0 Å². The van der Waals surface area contributed by atoms with Gasteiger partial charge < -0.3 is 14.4 Å². The summed E-state index contributed by atoms with van der Waals surface area (Å²) in [4.78, 5) is 23.8. The molecule has 31 heavy (non-hydrogen) atoms. The van der Waals surface area contributed by atoms with Gasteiger partial charge in [-0.1, -0.05) is 32.6 Å². The molecule has 0 aromatic carbocycles. The highest BCUT2D eigenvalue weighted by Gasteiger charge is 2.45. The second-order valence-electron chi connectivity index (χ2n) is 8.55. The SMILES string of the molecule is [3H]PO[C@H]1C[C@@H](OP[3H])[C@H](CCC(=O)C(F)(F)CCCC)C1CCCCCCC(=O)NCC. The lowest BCUT2D eigenvalue weighted by molar-refractivity contribution is -0.144. The lowest BCUT2D eigenvalue weighted by Crippen LogP contribution is -2.30. The Balaban J connectivity index is 2.66. The summed E-state index contributed by atoms with van der Waals surface area (Å²) in [7, 11) is -0.907. The highest BCUT2D eigenvalue weighted by atomic mass is 31.0. The summed E-state index contributed by atoms with van der Waals surface area (Å²) in [6.45, 7) is 4.35. The molecule has 1 saturated carbocycles. The first-order valence-corrected chi connectivity index (χ1v) is 12.4. The Labute approximate surface area is 193 Å². The highest BCUT2D eigenvalue weighted by Crippen LogP contribution is 2.44. The fourth-order valence-electron chi connectivity index (χ4n) is 4.52. The van der Waals surface area contributed by atoms with Gasteiger partial charge in [-0.2, -0.15) is 8.78 Å². The van der Waals surface area contributed by atoms with Crippen molar-refractivity contribution >= 4 is 30.5 Å². The Hall–Kier alpha value is -0.220. The van der Waals surface area contributed by atoms with Gasteiger partial charge in [0.25, 0.3) is 0 Å². The molecule has 6 atom stereocenters. The molecule has 0 radical (unpaired) electrons. The molecular formula is C22H41F2NO4P2. The van der Waals surface area contributed by atoms with Crippen LogP contribution in [0, 0.1) is 11.8 Å². The van der Waals surface area contributed by atoms with Gasteiger partial charge in [0, 0.05) is 51.1 Å². The number of carbonyl (C=O) groups is 2. The number of halogens is 2. The summed E-state index contributed by atoms with van der Waals surface area (Å²) in [6, 6.07) is 0. The van der Waals surface area contributed by atoms with Crippen LogP contribution >= 0.6 is 18.8 Å². The second-order valence-corrected chi connectivity index (χ2v) is 9.02. The van der Waals surface area contributed by atoms with Crippen molar-refractivity contribution < 1.29 is 27.4 Å². The van der Waals surface area contributed by atoms with Crippen LogP contribution in [0.1, 0.15) is 90.9 Å². The summed E-state index contributed by atoms with van der Waals surface area (Å²) < 4.78 is 54.5. The third kappa shape index (κ3) is 10.1. The van der Waals surface area contributed by atoms with E-state index in [1.54, 1.807) is 0 Å². The predicted molar refractivity (Wildman–Crippen MR) is 126 cm³/mol. The minimum atomic E-state index is -3.29. The maximum absolute atomic E-state index is 14.2. The van der Waals surface area contributed by atoms with Crippen molar-refractivity contribution in [2.45, 2.75) is 109 Å². The molecule has 1 aliphatic carbocycles. The fourth-order valence-corrected chi connectivity index (χ4v) is 5.07. The van der Waals surface area contributed by atoms with Gasteiger partial charge >= 0.3 is 5.92 Å². The number of hydrogen-bond acceptors (Lipinski definition) is 4. The minimum Gasteiger partial charge on any atom is -0.362 e. The summed E-state index contributed by atoms with van der Waals surface area (Å²) in [5.41, 5.74) is 0. The van der Waals surface area contributed by atoms with Gasteiger partial charge in [0.05, 0.1) is 14.8 Å². The molecule has 0 saturated heterocycles. The average molecular weight is 488 g/mol. The summed E-state index contributed by atoms with van der Waals surface area (Å²) in [5, 5.41) is 2.79. The number of hydrogen-bond donors (Lipinski definition) is 1. The maximum atomic E-state index is 14.2. The lowest BCUT2D eigenvalue weighted by atomic mass is 9.84. The lowest BCUT2D eigenvalue weighted by Gasteiger charge is -2.26. The van der Waals surface area contributed by atoms with Crippen molar-refractivity contribution in [3.63, 3.8) is 0 Å². The van der Waals surface area contributed by atoms with E-state index in [1.165, 1.54) is 0 Å². The number of Topliss-reactive ketones (excluding diaryl/α,β-unsaturated/α-hetero) is 1. The largest absolute Gasteiger partial charge is 0.362 e. The maximum Gasteiger partial charge on any atom is 0.305 e. The molecule has 0 aliphatic heterocycles. The van der Waals surface area contributed by atoms with E-state index >= 15 is 0 Å².